The number of hydrogen-bond donors (Lipinski definition) is 1. The Balaban J connectivity index is 1.48. The number of halogens is 1. The van der Waals surface area contributed by atoms with E-state index in [0.29, 0.717) is 24.7 Å². The van der Waals surface area contributed by atoms with Crippen molar-refractivity contribution >= 4 is 5.91 Å². The highest BCUT2D eigenvalue weighted by Gasteiger charge is 2.20. The first-order chi connectivity index (χ1) is 15.6. The SMILES string of the molecule is C[C@@H](c1ccccc1)N(Cc1cccc(F)c1)Cc1nc(C(=O)NCc2ccco2)co1. The van der Waals surface area contributed by atoms with Crippen molar-refractivity contribution in [3.63, 3.8) is 0 Å². The maximum Gasteiger partial charge on any atom is 0.273 e. The lowest BCUT2D eigenvalue weighted by Gasteiger charge is -2.28. The Bertz CT molecular complexity index is 1140. The molecule has 0 bridgehead atoms. The van der Waals surface area contributed by atoms with E-state index >= 15 is 0 Å². The molecule has 0 radical (unpaired) electrons. The predicted octanol–water partition coefficient (Wildman–Crippen LogP) is 5.10. The second-order valence-corrected chi connectivity index (χ2v) is 7.51. The number of carbonyl (C=O) groups is 1. The second kappa shape index (κ2) is 10.1. The zero-order chi connectivity index (χ0) is 22.3. The normalized spacial score (nSPS) is 12.1. The fraction of sp³-hybridized carbons (Fsp3) is 0.200. The molecule has 1 N–H and O–H groups in total. The van der Waals surface area contributed by atoms with Crippen LogP contribution >= 0.6 is 0 Å². The zero-order valence-electron chi connectivity index (χ0n) is 17.7. The number of carbonyl (C=O) groups excluding carboxylic acids is 1. The number of benzene rings is 2. The van der Waals surface area contributed by atoms with Gasteiger partial charge in [-0.25, -0.2) is 9.37 Å². The lowest BCUT2D eigenvalue weighted by molar-refractivity contribution is 0.0943. The van der Waals surface area contributed by atoms with E-state index in [9.17, 15) is 9.18 Å². The topological polar surface area (TPSA) is 71.5 Å². The number of nitrogens with zero attached hydrogens (tertiary/aromatic N) is 2. The van der Waals surface area contributed by atoms with Gasteiger partial charge in [-0.05, 0) is 42.3 Å². The summed E-state index contributed by atoms with van der Waals surface area (Å²) in [4.78, 5) is 18.9. The lowest BCUT2D eigenvalue weighted by atomic mass is 10.1. The maximum absolute atomic E-state index is 13.7. The van der Waals surface area contributed by atoms with E-state index in [1.807, 2.05) is 36.4 Å². The van der Waals surface area contributed by atoms with Crippen LogP contribution in [0.4, 0.5) is 4.39 Å². The molecule has 2 aromatic carbocycles. The minimum atomic E-state index is -0.343. The third-order valence-electron chi connectivity index (χ3n) is 5.23. The minimum Gasteiger partial charge on any atom is -0.467 e. The Morgan fingerprint density at radius 1 is 1.06 bits per heavy atom. The van der Waals surface area contributed by atoms with Crippen LogP contribution in [0, 0.1) is 5.82 Å². The molecular formula is C25H24FN3O3. The number of nitrogens with one attached hydrogen (secondary N) is 1. The van der Waals surface area contributed by atoms with Crippen LogP contribution in [0.15, 0.2) is 88.1 Å². The predicted molar refractivity (Wildman–Crippen MR) is 117 cm³/mol. The molecule has 0 aliphatic heterocycles. The molecule has 1 amide bonds. The molecule has 4 aromatic rings. The molecule has 164 valence electrons. The summed E-state index contributed by atoms with van der Waals surface area (Å²) < 4.78 is 24.5. The van der Waals surface area contributed by atoms with E-state index in [-0.39, 0.29) is 30.0 Å². The van der Waals surface area contributed by atoms with E-state index in [2.05, 4.69) is 22.1 Å². The molecule has 32 heavy (non-hydrogen) atoms. The summed E-state index contributed by atoms with van der Waals surface area (Å²) >= 11 is 0. The summed E-state index contributed by atoms with van der Waals surface area (Å²) in [6.45, 7) is 3.20. The first kappa shape index (κ1) is 21.5. The van der Waals surface area contributed by atoms with Crippen molar-refractivity contribution in [3.05, 3.63) is 114 Å². The molecule has 0 saturated heterocycles. The second-order valence-electron chi connectivity index (χ2n) is 7.51. The van der Waals surface area contributed by atoms with E-state index in [1.165, 1.54) is 18.4 Å². The van der Waals surface area contributed by atoms with Crippen LogP contribution in [-0.4, -0.2) is 15.8 Å². The summed E-state index contributed by atoms with van der Waals surface area (Å²) in [5.41, 5.74) is 2.16. The number of oxazole rings is 1. The molecule has 0 aliphatic carbocycles. The van der Waals surface area contributed by atoms with Gasteiger partial charge in [-0.2, -0.15) is 0 Å². The van der Waals surface area contributed by atoms with Crippen LogP contribution in [0.5, 0.6) is 0 Å². The molecule has 0 unspecified atom stereocenters. The van der Waals surface area contributed by atoms with Crippen LogP contribution < -0.4 is 5.32 Å². The van der Waals surface area contributed by atoms with Crippen molar-refractivity contribution in [2.24, 2.45) is 0 Å². The van der Waals surface area contributed by atoms with Gasteiger partial charge in [0, 0.05) is 12.6 Å². The molecule has 0 aliphatic rings. The first-order valence-corrected chi connectivity index (χ1v) is 10.4. The van der Waals surface area contributed by atoms with E-state index in [4.69, 9.17) is 8.83 Å². The van der Waals surface area contributed by atoms with Crippen LogP contribution in [-0.2, 0) is 19.6 Å². The Kier molecular flexibility index (Phi) is 6.77. The summed E-state index contributed by atoms with van der Waals surface area (Å²) in [7, 11) is 0. The standard InChI is InChI=1S/C25H24FN3O3/c1-18(20-8-3-2-4-9-20)29(15-19-7-5-10-21(26)13-19)16-24-28-23(17-32-24)25(30)27-14-22-11-6-12-31-22/h2-13,17-18H,14-16H2,1H3,(H,27,30)/t18-/m0/s1. The van der Waals surface area contributed by atoms with Crippen LogP contribution in [0.2, 0.25) is 0 Å². The van der Waals surface area contributed by atoms with Crippen molar-refractivity contribution in [2.45, 2.75) is 32.6 Å². The Morgan fingerprint density at radius 2 is 1.91 bits per heavy atom. The van der Waals surface area contributed by atoms with Crippen molar-refractivity contribution in [1.29, 1.82) is 0 Å². The summed E-state index contributed by atoms with van der Waals surface area (Å²) in [5, 5.41) is 2.75. The van der Waals surface area contributed by atoms with Gasteiger partial charge in [0.1, 0.15) is 17.8 Å². The van der Waals surface area contributed by atoms with E-state index in [0.717, 1.165) is 11.1 Å². The van der Waals surface area contributed by atoms with Gasteiger partial charge in [0.15, 0.2) is 5.69 Å². The first-order valence-electron chi connectivity index (χ1n) is 10.4. The van der Waals surface area contributed by atoms with Gasteiger partial charge >= 0.3 is 0 Å². The number of rotatable bonds is 9. The molecule has 4 rings (SSSR count). The highest BCUT2D eigenvalue weighted by molar-refractivity contribution is 5.91. The number of amides is 1. The van der Waals surface area contributed by atoms with Crippen LogP contribution in [0.1, 0.15) is 46.2 Å². The highest BCUT2D eigenvalue weighted by atomic mass is 19.1. The molecule has 2 aromatic heterocycles. The Morgan fingerprint density at radius 3 is 2.66 bits per heavy atom. The quantitative estimate of drug-likeness (QED) is 0.398. The highest BCUT2D eigenvalue weighted by Crippen LogP contribution is 2.24. The molecular weight excluding hydrogens is 409 g/mol. The van der Waals surface area contributed by atoms with Crippen LogP contribution in [0.25, 0.3) is 0 Å². The summed E-state index contributed by atoms with van der Waals surface area (Å²) in [6.07, 6.45) is 2.90. The smallest absolute Gasteiger partial charge is 0.273 e. The Hall–Kier alpha value is -3.71. The minimum absolute atomic E-state index is 0.0163. The number of furan rings is 1. The van der Waals surface area contributed by atoms with Gasteiger partial charge < -0.3 is 14.2 Å². The van der Waals surface area contributed by atoms with Gasteiger partial charge in [0.25, 0.3) is 5.91 Å². The molecule has 2 heterocycles. The molecule has 1 atom stereocenters. The third-order valence-corrected chi connectivity index (χ3v) is 5.23. The maximum atomic E-state index is 13.7. The largest absolute Gasteiger partial charge is 0.467 e. The lowest BCUT2D eigenvalue weighted by Crippen LogP contribution is -2.27. The van der Waals surface area contributed by atoms with E-state index in [1.54, 1.807) is 24.5 Å². The van der Waals surface area contributed by atoms with Gasteiger partial charge in [0.05, 0.1) is 19.4 Å². The molecule has 6 nitrogen and oxygen atoms in total. The third kappa shape index (κ3) is 5.50. The van der Waals surface area contributed by atoms with Crippen molar-refractivity contribution < 1.29 is 18.0 Å². The van der Waals surface area contributed by atoms with E-state index < -0.39 is 0 Å². The zero-order valence-corrected chi connectivity index (χ0v) is 17.7. The van der Waals surface area contributed by atoms with Crippen molar-refractivity contribution in [2.75, 3.05) is 0 Å². The monoisotopic (exact) mass is 433 g/mol. The van der Waals surface area contributed by atoms with Crippen molar-refractivity contribution in [1.82, 2.24) is 15.2 Å². The van der Waals surface area contributed by atoms with Crippen LogP contribution in [0.3, 0.4) is 0 Å². The van der Waals surface area contributed by atoms with Crippen molar-refractivity contribution in [3.8, 4) is 0 Å². The molecule has 0 spiro atoms. The number of hydrogen-bond acceptors (Lipinski definition) is 5. The van der Waals surface area contributed by atoms with Gasteiger partial charge in [0.2, 0.25) is 5.89 Å². The number of aromatic nitrogens is 1. The molecule has 0 saturated carbocycles. The van der Waals surface area contributed by atoms with Gasteiger partial charge in [-0.15, -0.1) is 0 Å². The average molecular weight is 433 g/mol. The Labute approximate surface area is 185 Å². The molecule has 7 heteroatoms. The van der Waals surface area contributed by atoms with Gasteiger partial charge in [-0.3, -0.25) is 9.69 Å². The fourth-order valence-corrected chi connectivity index (χ4v) is 3.47. The fourth-order valence-electron chi connectivity index (χ4n) is 3.47. The summed E-state index contributed by atoms with van der Waals surface area (Å²) in [6, 6.07) is 20.1. The summed E-state index contributed by atoms with van der Waals surface area (Å²) in [5.74, 6) is 0.443. The molecule has 0 fully saturated rings. The van der Waals surface area contributed by atoms with Gasteiger partial charge in [-0.1, -0.05) is 42.5 Å². The average Bonchev–Trinajstić information content (AvgIpc) is 3.49.